The largest absolute Gasteiger partial charge is 0.300 e. The third-order valence-corrected chi connectivity index (χ3v) is 3.76. The highest BCUT2D eigenvalue weighted by atomic mass is 16.1. The van der Waals surface area contributed by atoms with Gasteiger partial charge in [-0.3, -0.25) is 4.79 Å². The van der Waals surface area contributed by atoms with Gasteiger partial charge in [-0.2, -0.15) is 0 Å². The minimum atomic E-state index is -0.232. The number of Topliss-reactive ketones (excluding diaryl/α,β-unsaturated/α-hetero) is 2. The van der Waals surface area contributed by atoms with Gasteiger partial charge >= 0.3 is 0 Å². The van der Waals surface area contributed by atoms with Crippen LogP contribution in [0.25, 0.3) is 0 Å². The molecule has 1 aliphatic carbocycles. The third kappa shape index (κ3) is 2.23. The molecule has 0 radical (unpaired) electrons. The van der Waals surface area contributed by atoms with Crippen molar-refractivity contribution in [2.45, 2.75) is 52.9 Å². The third-order valence-electron chi connectivity index (χ3n) is 3.76. The van der Waals surface area contributed by atoms with E-state index in [0.29, 0.717) is 24.5 Å². The summed E-state index contributed by atoms with van der Waals surface area (Å²) in [4.78, 5) is 22.8. The topological polar surface area (TPSA) is 34.1 Å². The Hall–Kier alpha value is -0.660. The zero-order valence-electron chi connectivity index (χ0n) is 9.43. The molecule has 2 atom stereocenters. The van der Waals surface area contributed by atoms with Crippen LogP contribution in [0.5, 0.6) is 0 Å². The Morgan fingerprint density at radius 1 is 1.57 bits per heavy atom. The fraction of sp³-hybridized carbons (Fsp3) is 0.833. The lowest BCUT2D eigenvalue weighted by molar-refractivity contribution is -0.134. The molecule has 80 valence electrons. The molecule has 0 bridgehead atoms. The fourth-order valence-electron chi connectivity index (χ4n) is 2.27. The lowest BCUT2D eigenvalue weighted by Gasteiger charge is -2.38. The molecule has 2 nitrogen and oxygen atoms in total. The molecule has 2 heteroatoms. The molecule has 1 saturated carbocycles. The molecule has 0 spiro atoms. The highest BCUT2D eigenvalue weighted by molar-refractivity contribution is 5.86. The quantitative estimate of drug-likeness (QED) is 0.695. The van der Waals surface area contributed by atoms with Crippen molar-refractivity contribution in [1.82, 2.24) is 0 Å². The molecule has 0 aromatic rings. The van der Waals surface area contributed by atoms with Gasteiger partial charge in [0.05, 0.1) is 0 Å². The number of carbonyl (C=O) groups excluding carboxylic acids is 2. The molecule has 0 heterocycles. The molecule has 0 aliphatic heterocycles. The second-order valence-corrected chi connectivity index (χ2v) is 4.84. The van der Waals surface area contributed by atoms with E-state index in [2.05, 4.69) is 6.92 Å². The maximum absolute atomic E-state index is 11.8. The van der Waals surface area contributed by atoms with E-state index in [1.165, 1.54) is 0 Å². The van der Waals surface area contributed by atoms with Crippen LogP contribution in [0.2, 0.25) is 0 Å². The van der Waals surface area contributed by atoms with Crippen molar-refractivity contribution < 1.29 is 9.59 Å². The lowest BCUT2D eigenvalue weighted by Crippen LogP contribution is -2.38. The molecule has 1 fully saturated rings. The average molecular weight is 196 g/mol. The van der Waals surface area contributed by atoms with Crippen LogP contribution in [-0.4, -0.2) is 11.6 Å². The first-order valence-corrected chi connectivity index (χ1v) is 5.49. The van der Waals surface area contributed by atoms with Gasteiger partial charge < -0.3 is 4.79 Å². The summed E-state index contributed by atoms with van der Waals surface area (Å²) in [6, 6.07) is 0. The van der Waals surface area contributed by atoms with E-state index in [0.717, 1.165) is 19.3 Å². The number of hydrogen-bond acceptors (Lipinski definition) is 2. The van der Waals surface area contributed by atoms with E-state index in [-0.39, 0.29) is 11.2 Å². The van der Waals surface area contributed by atoms with Crippen LogP contribution in [0.1, 0.15) is 52.9 Å². The smallest absolute Gasteiger partial charge is 0.139 e. The summed E-state index contributed by atoms with van der Waals surface area (Å²) >= 11 is 0. The van der Waals surface area contributed by atoms with Crippen molar-refractivity contribution >= 4 is 11.6 Å². The molecule has 0 N–H and O–H groups in total. The van der Waals surface area contributed by atoms with Gasteiger partial charge in [-0.15, -0.1) is 0 Å². The molecular weight excluding hydrogens is 176 g/mol. The van der Waals surface area contributed by atoms with Gasteiger partial charge in [0.1, 0.15) is 11.6 Å². The Balaban J connectivity index is 2.67. The first kappa shape index (κ1) is 11.4. The normalized spacial score (nSPS) is 33.1. The Labute approximate surface area is 86.1 Å². The lowest BCUT2D eigenvalue weighted by atomic mass is 9.65. The van der Waals surface area contributed by atoms with Gasteiger partial charge in [0.25, 0.3) is 0 Å². The van der Waals surface area contributed by atoms with E-state index in [4.69, 9.17) is 0 Å². The predicted octanol–water partition coefficient (Wildman–Crippen LogP) is 2.75. The molecule has 14 heavy (non-hydrogen) atoms. The van der Waals surface area contributed by atoms with Gasteiger partial charge in [-0.1, -0.05) is 13.8 Å². The van der Waals surface area contributed by atoms with E-state index in [1.54, 1.807) is 6.92 Å². The Morgan fingerprint density at radius 3 is 2.71 bits per heavy atom. The average Bonchev–Trinajstić information content (AvgIpc) is 2.11. The van der Waals surface area contributed by atoms with Crippen molar-refractivity contribution in [3.05, 3.63) is 0 Å². The van der Waals surface area contributed by atoms with Gasteiger partial charge in [0.15, 0.2) is 0 Å². The maximum atomic E-state index is 11.8. The summed E-state index contributed by atoms with van der Waals surface area (Å²) in [7, 11) is 0. The van der Waals surface area contributed by atoms with Gasteiger partial charge in [-0.05, 0) is 32.1 Å². The van der Waals surface area contributed by atoms with Crippen molar-refractivity contribution in [2.75, 3.05) is 0 Å². The summed E-state index contributed by atoms with van der Waals surface area (Å²) in [5.41, 5.74) is -0.232. The Kier molecular flexibility index (Phi) is 3.46. The first-order valence-electron chi connectivity index (χ1n) is 5.49. The van der Waals surface area contributed by atoms with Crippen molar-refractivity contribution in [2.24, 2.45) is 11.3 Å². The summed E-state index contributed by atoms with van der Waals surface area (Å²) in [6.45, 7) is 5.76. The monoisotopic (exact) mass is 196 g/mol. The zero-order chi connectivity index (χ0) is 10.8. The molecule has 0 amide bonds. The number of carbonyl (C=O) groups is 2. The molecule has 0 aromatic heterocycles. The van der Waals surface area contributed by atoms with Crippen LogP contribution in [0.3, 0.4) is 0 Å². The Bertz CT molecular complexity index is 245. The number of rotatable bonds is 3. The van der Waals surface area contributed by atoms with E-state index >= 15 is 0 Å². The van der Waals surface area contributed by atoms with Crippen molar-refractivity contribution in [3.63, 3.8) is 0 Å². The summed E-state index contributed by atoms with van der Waals surface area (Å²) < 4.78 is 0. The van der Waals surface area contributed by atoms with Crippen molar-refractivity contribution in [1.29, 1.82) is 0 Å². The van der Waals surface area contributed by atoms with Crippen LogP contribution >= 0.6 is 0 Å². The molecule has 1 rings (SSSR count). The van der Waals surface area contributed by atoms with Crippen LogP contribution in [0, 0.1) is 11.3 Å². The van der Waals surface area contributed by atoms with Crippen LogP contribution < -0.4 is 0 Å². The van der Waals surface area contributed by atoms with Gasteiger partial charge in [-0.25, -0.2) is 0 Å². The van der Waals surface area contributed by atoms with Gasteiger partial charge in [0, 0.05) is 18.3 Å². The zero-order valence-corrected chi connectivity index (χ0v) is 9.43. The fourth-order valence-corrected chi connectivity index (χ4v) is 2.27. The minimum absolute atomic E-state index is 0.191. The van der Waals surface area contributed by atoms with Gasteiger partial charge in [0.2, 0.25) is 0 Å². The highest BCUT2D eigenvalue weighted by Crippen LogP contribution is 2.41. The van der Waals surface area contributed by atoms with E-state index in [1.807, 2.05) is 6.92 Å². The minimum Gasteiger partial charge on any atom is -0.300 e. The van der Waals surface area contributed by atoms with E-state index in [9.17, 15) is 9.59 Å². The summed E-state index contributed by atoms with van der Waals surface area (Å²) in [5.74, 6) is 0.984. The second-order valence-electron chi connectivity index (χ2n) is 4.84. The predicted molar refractivity (Wildman–Crippen MR) is 56.0 cm³/mol. The molecular formula is C12H20O2. The van der Waals surface area contributed by atoms with Crippen LogP contribution in [0.4, 0.5) is 0 Å². The number of ketones is 2. The standard InChI is InChI=1S/C12H20O2/c1-9-5-4-6-11(14)12(9,3)8-7-10(2)13/h9H,4-8H2,1-3H3. The van der Waals surface area contributed by atoms with Crippen molar-refractivity contribution in [3.8, 4) is 0 Å². The first-order chi connectivity index (χ1) is 6.47. The molecule has 0 saturated heterocycles. The Morgan fingerprint density at radius 2 is 2.21 bits per heavy atom. The van der Waals surface area contributed by atoms with E-state index < -0.39 is 0 Å². The summed E-state index contributed by atoms with van der Waals surface area (Å²) in [5, 5.41) is 0. The second kappa shape index (κ2) is 4.24. The summed E-state index contributed by atoms with van der Waals surface area (Å²) in [6.07, 6.45) is 4.14. The van der Waals surface area contributed by atoms with Crippen LogP contribution in [0.15, 0.2) is 0 Å². The maximum Gasteiger partial charge on any atom is 0.139 e. The molecule has 0 aromatic carbocycles. The molecule has 2 unspecified atom stereocenters. The number of hydrogen-bond donors (Lipinski definition) is 0. The van der Waals surface area contributed by atoms with Crippen LogP contribution in [-0.2, 0) is 9.59 Å². The molecule has 1 aliphatic rings. The highest BCUT2D eigenvalue weighted by Gasteiger charge is 2.40. The SMILES string of the molecule is CC(=O)CCC1(C)C(=O)CCCC1C.